The second kappa shape index (κ2) is 4.16. The number of rotatable bonds is 3. The van der Waals surface area contributed by atoms with Crippen molar-refractivity contribution in [3.8, 4) is 0 Å². The largest absolute Gasteiger partial charge is 0.370 e. The van der Waals surface area contributed by atoms with E-state index < -0.39 is 0 Å². The van der Waals surface area contributed by atoms with Crippen LogP contribution in [-0.4, -0.2) is 15.9 Å². The Labute approximate surface area is 96.5 Å². The van der Waals surface area contributed by atoms with Gasteiger partial charge in [-0.1, -0.05) is 13.0 Å². The molecule has 0 fully saturated rings. The second-order valence-electron chi connectivity index (χ2n) is 4.19. The van der Waals surface area contributed by atoms with Crippen LogP contribution < -0.4 is 5.32 Å². The van der Waals surface area contributed by atoms with E-state index in [-0.39, 0.29) is 0 Å². The average Bonchev–Trinajstić information content (AvgIpc) is 2.58. The van der Waals surface area contributed by atoms with Crippen LogP contribution in [0, 0.1) is 13.8 Å². The van der Waals surface area contributed by atoms with Gasteiger partial charge in [0.25, 0.3) is 0 Å². The molecule has 0 aromatic carbocycles. The number of anilines is 1. The molecule has 2 aromatic rings. The van der Waals surface area contributed by atoms with Crippen molar-refractivity contribution in [2.24, 2.45) is 0 Å². The van der Waals surface area contributed by atoms with Gasteiger partial charge < -0.3 is 5.32 Å². The lowest BCUT2D eigenvalue weighted by molar-refractivity contribution is 1.04. The van der Waals surface area contributed by atoms with Crippen molar-refractivity contribution >= 4 is 11.5 Å². The Morgan fingerprint density at radius 3 is 2.69 bits per heavy atom. The van der Waals surface area contributed by atoms with E-state index in [1.54, 1.807) is 0 Å². The normalized spacial score (nSPS) is 11.0. The van der Waals surface area contributed by atoms with Crippen molar-refractivity contribution in [1.29, 1.82) is 0 Å². The number of imidazole rings is 1. The molecule has 0 unspecified atom stereocenters. The van der Waals surface area contributed by atoms with Gasteiger partial charge in [0.05, 0.1) is 5.69 Å². The van der Waals surface area contributed by atoms with Gasteiger partial charge in [0, 0.05) is 12.7 Å². The highest BCUT2D eigenvalue weighted by Gasteiger charge is 2.11. The molecule has 0 atom stereocenters. The zero-order chi connectivity index (χ0) is 11.7. The fourth-order valence-corrected chi connectivity index (χ4v) is 2.13. The van der Waals surface area contributed by atoms with Crippen LogP contribution in [0.5, 0.6) is 0 Å². The van der Waals surface area contributed by atoms with E-state index in [1.165, 1.54) is 11.1 Å². The molecule has 0 aliphatic carbocycles. The molecular weight excluding hydrogens is 198 g/mol. The first kappa shape index (κ1) is 11.0. The summed E-state index contributed by atoms with van der Waals surface area (Å²) >= 11 is 0. The molecular formula is C13H19N3. The van der Waals surface area contributed by atoms with Crippen molar-refractivity contribution in [3.63, 3.8) is 0 Å². The predicted molar refractivity (Wildman–Crippen MR) is 68.2 cm³/mol. The summed E-state index contributed by atoms with van der Waals surface area (Å²) in [6.45, 7) is 9.42. The molecule has 2 heterocycles. The topological polar surface area (TPSA) is 29.3 Å². The van der Waals surface area contributed by atoms with E-state index in [9.17, 15) is 0 Å². The van der Waals surface area contributed by atoms with E-state index >= 15 is 0 Å². The first-order valence-electron chi connectivity index (χ1n) is 5.89. The summed E-state index contributed by atoms with van der Waals surface area (Å²) in [5.74, 6) is 1.15. The highest BCUT2D eigenvalue weighted by Crippen LogP contribution is 2.22. The van der Waals surface area contributed by atoms with Gasteiger partial charge >= 0.3 is 0 Å². The number of nitrogens with one attached hydrogen (secondary N) is 1. The minimum atomic E-state index is 0.924. The standard InChI is InChI=1S/C13H19N3/c1-5-11-13(14-6-2)16-8-9(3)7-10(4)12(16)15-11/h7-8,14H,5-6H2,1-4H3. The fraction of sp³-hybridized carbons (Fsp3) is 0.462. The minimum absolute atomic E-state index is 0.924. The first-order valence-corrected chi connectivity index (χ1v) is 5.89. The van der Waals surface area contributed by atoms with Crippen molar-refractivity contribution in [2.45, 2.75) is 34.1 Å². The van der Waals surface area contributed by atoms with Gasteiger partial charge in [0.1, 0.15) is 11.5 Å². The van der Waals surface area contributed by atoms with Gasteiger partial charge in [-0.2, -0.15) is 0 Å². The number of fused-ring (bicyclic) bond motifs is 1. The number of aromatic nitrogens is 2. The van der Waals surface area contributed by atoms with Gasteiger partial charge in [-0.25, -0.2) is 4.98 Å². The van der Waals surface area contributed by atoms with Gasteiger partial charge in [-0.05, 0) is 38.3 Å². The lowest BCUT2D eigenvalue weighted by atomic mass is 10.2. The van der Waals surface area contributed by atoms with Crippen molar-refractivity contribution < 1.29 is 0 Å². The maximum absolute atomic E-state index is 4.69. The molecule has 86 valence electrons. The number of hydrogen-bond acceptors (Lipinski definition) is 2. The summed E-state index contributed by atoms with van der Waals surface area (Å²) in [5.41, 5.74) is 4.72. The molecule has 0 radical (unpaired) electrons. The molecule has 2 aromatic heterocycles. The zero-order valence-electron chi connectivity index (χ0n) is 10.5. The van der Waals surface area contributed by atoms with E-state index in [4.69, 9.17) is 4.98 Å². The molecule has 0 saturated heterocycles. The summed E-state index contributed by atoms with van der Waals surface area (Å²) < 4.78 is 2.17. The summed E-state index contributed by atoms with van der Waals surface area (Å²) in [4.78, 5) is 4.69. The zero-order valence-corrected chi connectivity index (χ0v) is 10.5. The van der Waals surface area contributed by atoms with Gasteiger partial charge in [-0.15, -0.1) is 0 Å². The summed E-state index contributed by atoms with van der Waals surface area (Å²) in [5, 5.41) is 3.40. The smallest absolute Gasteiger partial charge is 0.141 e. The molecule has 1 N–H and O–H groups in total. The number of pyridine rings is 1. The van der Waals surface area contributed by atoms with E-state index in [0.717, 1.165) is 30.1 Å². The number of hydrogen-bond donors (Lipinski definition) is 1. The third-order valence-corrected chi connectivity index (χ3v) is 2.79. The molecule has 0 bridgehead atoms. The highest BCUT2D eigenvalue weighted by molar-refractivity contribution is 5.59. The Kier molecular flexibility index (Phi) is 2.86. The van der Waals surface area contributed by atoms with Gasteiger partial charge in [0.2, 0.25) is 0 Å². The highest BCUT2D eigenvalue weighted by atomic mass is 15.1. The monoisotopic (exact) mass is 217 g/mol. The van der Waals surface area contributed by atoms with Gasteiger partial charge in [0.15, 0.2) is 0 Å². The maximum atomic E-state index is 4.69. The van der Waals surface area contributed by atoms with Crippen molar-refractivity contribution in [1.82, 2.24) is 9.38 Å². The lowest BCUT2D eigenvalue weighted by Gasteiger charge is -2.06. The summed E-state index contributed by atoms with van der Waals surface area (Å²) in [6.07, 6.45) is 3.11. The van der Waals surface area contributed by atoms with Crippen LogP contribution in [0.15, 0.2) is 12.3 Å². The maximum Gasteiger partial charge on any atom is 0.141 e. The Morgan fingerprint density at radius 2 is 2.06 bits per heavy atom. The first-order chi connectivity index (χ1) is 7.67. The summed E-state index contributed by atoms with van der Waals surface area (Å²) in [7, 11) is 0. The van der Waals surface area contributed by atoms with E-state index in [0.29, 0.717) is 0 Å². The van der Waals surface area contributed by atoms with Crippen LogP contribution in [0.3, 0.4) is 0 Å². The van der Waals surface area contributed by atoms with Crippen LogP contribution >= 0.6 is 0 Å². The molecule has 3 nitrogen and oxygen atoms in total. The molecule has 0 aliphatic rings. The van der Waals surface area contributed by atoms with Crippen LogP contribution in [0.1, 0.15) is 30.7 Å². The molecule has 2 rings (SSSR count). The molecule has 0 amide bonds. The Bertz CT molecular complexity index is 511. The number of nitrogens with zero attached hydrogens (tertiary/aromatic N) is 2. The van der Waals surface area contributed by atoms with E-state index in [1.807, 2.05) is 0 Å². The van der Waals surface area contributed by atoms with Crippen LogP contribution in [0.4, 0.5) is 5.82 Å². The van der Waals surface area contributed by atoms with Crippen molar-refractivity contribution in [2.75, 3.05) is 11.9 Å². The SMILES string of the molecule is CCNc1c(CC)nc2c(C)cc(C)cn12. The Balaban J connectivity index is 2.73. The van der Waals surface area contributed by atoms with E-state index in [2.05, 4.69) is 49.7 Å². The minimum Gasteiger partial charge on any atom is -0.370 e. The Hall–Kier alpha value is -1.51. The quantitative estimate of drug-likeness (QED) is 0.856. The van der Waals surface area contributed by atoms with Crippen LogP contribution in [0.25, 0.3) is 5.65 Å². The van der Waals surface area contributed by atoms with Gasteiger partial charge in [-0.3, -0.25) is 4.40 Å². The van der Waals surface area contributed by atoms with Crippen molar-refractivity contribution in [3.05, 3.63) is 29.1 Å². The third kappa shape index (κ3) is 1.66. The molecule has 3 heteroatoms. The molecule has 0 spiro atoms. The summed E-state index contributed by atoms with van der Waals surface area (Å²) in [6, 6.07) is 2.18. The van der Waals surface area contributed by atoms with Crippen LogP contribution in [-0.2, 0) is 6.42 Å². The predicted octanol–water partition coefficient (Wildman–Crippen LogP) is 2.95. The third-order valence-electron chi connectivity index (χ3n) is 2.79. The molecule has 0 aliphatic heterocycles. The molecule has 16 heavy (non-hydrogen) atoms. The Morgan fingerprint density at radius 1 is 1.31 bits per heavy atom. The number of aryl methyl sites for hydroxylation is 3. The van der Waals surface area contributed by atoms with Crippen LogP contribution in [0.2, 0.25) is 0 Å². The second-order valence-corrected chi connectivity index (χ2v) is 4.19. The molecule has 0 saturated carbocycles. The lowest BCUT2D eigenvalue weighted by Crippen LogP contribution is -2.03. The average molecular weight is 217 g/mol. The fourth-order valence-electron chi connectivity index (χ4n) is 2.13.